The Balaban J connectivity index is 2.70. The van der Waals surface area contributed by atoms with Gasteiger partial charge in [0.1, 0.15) is 0 Å². The maximum Gasteiger partial charge on any atom is 0.293 e. The van der Waals surface area contributed by atoms with E-state index in [-0.39, 0.29) is 18.2 Å². The van der Waals surface area contributed by atoms with Gasteiger partial charge in [-0.05, 0) is 5.56 Å². The van der Waals surface area contributed by atoms with Crippen molar-refractivity contribution in [2.24, 2.45) is 0 Å². The van der Waals surface area contributed by atoms with Gasteiger partial charge in [0.15, 0.2) is 0 Å². The number of hydrogen-bond donors (Lipinski definition) is 0. The van der Waals surface area contributed by atoms with Crippen LogP contribution in [0.3, 0.4) is 0 Å². The standard InChI is InChI=1S/C10H11NO4/c1-8(6-15-7-12)9-2-4-10(5-3-9)11(13)14/h2-5,7-8H,6H2,1H3. The molecule has 0 aliphatic carbocycles. The van der Waals surface area contributed by atoms with Gasteiger partial charge in [0.2, 0.25) is 0 Å². The van der Waals surface area contributed by atoms with Gasteiger partial charge in [-0.2, -0.15) is 0 Å². The van der Waals surface area contributed by atoms with Crippen LogP contribution in [-0.4, -0.2) is 18.0 Å². The Bertz CT molecular complexity index is 347. The molecule has 15 heavy (non-hydrogen) atoms. The summed E-state index contributed by atoms with van der Waals surface area (Å²) in [6, 6.07) is 6.20. The van der Waals surface area contributed by atoms with Crippen molar-refractivity contribution < 1.29 is 14.5 Å². The second-order valence-corrected chi connectivity index (χ2v) is 3.18. The van der Waals surface area contributed by atoms with Gasteiger partial charge in [-0.1, -0.05) is 19.1 Å². The van der Waals surface area contributed by atoms with E-state index >= 15 is 0 Å². The Kier molecular flexibility index (Phi) is 3.79. The Labute approximate surface area is 86.8 Å². The summed E-state index contributed by atoms with van der Waals surface area (Å²) >= 11 is 0. The molecule has 5 nitrogen and oxygen atoms in total. The third-order valence-electron chi connectivity index (χ3n) is 2.09. The fraction of sp³-hybridized carbons (Fsp3) is 0.300. The molecule has 0 radical (unpaired) electrons. The topological polar surface area (TPSA) is 69.4 Å². The molecule has 0 amide bonds. The van der Waals surface area contributed by atoms with Crippen LogP contribution in [0.25, 0.3) is 0 Å². The van der Waals surface area contributed by atoms with Crippen molar-refractivity contribution in [3.8, 4) is 0 Å². The molecule has 1 aromatic carbocycles. The Morgan fingerprint density at radius 3 is 2.53 bits per heavy atom. The lowest BCUT2D eigenvalue weighted by Gasteiger charge is -2.09. The molecule has 0 aliphatic heterocycles. The lowest BCUT2D eigenvalue weighted by molar-refractivity contribution is -0.384. The molecule has 1 unspecified atom stereocenters. The van der Waals surface area contributed by atoms with Crippen LogP contribution in [0.4, 0.5) is 5.69 Å². The molecule has 1 rings (SSSR count). The smallest absolute Gasteiger partial charge is 0.293 e. The maximum atomic E-state index is 10.4. The monoisotopic (exact) mass is 209 g/mol. The number of non-ortho nitro benzene ring substituents is 1. The predicted molar refractivity (Wildman–Crippen MR) is 53.5 cm³/mol. The van der Waals surface area contributed by atoms with Gasteiger partial charge in [-0.3, -0.25) is 14.9 Å². The normalized spacial score (nSPS) is 11.8. The molecule has 1 atom stereocenters. The number of hydrogen-bond acceptors (Lipinski definition) is 4. The molecule has 0 saturated carbocycles. The molecule has 0 fully saturated rings. The molecule has 5 heteroatoms. The number of ether oxygens (including phenoxy) is 1. The van der Waals surface area contributed by atoms with Crippen LogP contribution < -0.4 is 0 Å². The summed E-state index contributed by atoms with van der Waals surface area (Å²) in [5.41, 5.74) is 0.963. The molecule has 0 spiro atoms. The second-order valence-electron chi connectivity index (χ2n) is 3.18. The minimum Gasteiger partial charge on any atom is -0.467 e. The summed E-state index contributed by atoms with van der Waals surface area (Å²) < 4.78 is 4.61. The zero-order valence-corrected chi connectivity index (χ0v) is 8.25. The van der Waals surface area contributed by atoms with Gasteiger partial charge in [0.25, 0.3) is 12.2 Å². The van der Waals surface area contributed by atoms with Crippen LogP contribution in [-0.2, 0) is 9.53 Å². The average Bonchev–Trinajstić information content (AvgIpc) is 2.26. The van der Waals surface area contributed by atoms with E-state index in [1.54, 1.807) is 12.1 Å². The highest BCUT2D eigenvalue weighted by Crippen LogP contribution is 2.19. The first-order valence-electron chi connectivity index (χ1n) is 4.44. The molecule has 0 saturated heterocycles. The van der Waals surface area contributed by atoms with Gasteiger partial charge in [-0.25, -0.2) is 0 Å². The highest BCUT2D eigenvalue weighted by molar-refractivity contribution is 5.38. The predicted octanol–water partition coefficient (Wildman–Crippen LogP) is 1.87. The number of nitro benzene ring substituents is 1. The van der Waals surface area contributed by atoms with E-state index in [1.165, 1.54) is 12.1 Å². The highest BCUT2D eigenvalue weighted by atomic mass is 16.6. The zero-order valence-electron chi connectivity index (χ0n) is 8.25. The molecule has 0 N–H and O–H groups in total. The molecule has 0 aliphatic rings. The second kappa shape index (κ2) is 5.09. The van der Waals surface area contributed by atoms with Crippen LogP contribution in [0, 0.1) is 10.1 Å². The van der Waals surface area contributed by atoms with Gasteiger partial charge in [0.05, 0.1) is 11.5 Å². The Hall–Kier alpha value is -1.91. The minimum absolute atomic E-state index is 0.0380. The molecule has 80 valence electrons. The fourth-order valence-corrected chi connectivity index (χ4v) is 1.20. The highest BCUT2D eigenvalue weighted by Gasteiger charge is 2.09. The van der Waals surface area contributed by atoms with Crippen molar-refractivity contribution in [1.29, 1.82) is 0 Å². The summed E-state index contributed by atoms with van der Waals surface area (Å²) in [5.74, 6) is 0.0380. The first-order chi connectivity index (χ1) is 7.15. The van der Waals surface area contributed by atoms with Gasteiger partial charge in [-0.15, -0.1) is 0 Å². The fourth-order valence-electron chi connectivity index (χ4n) is 1.20. The Morgan fingerprint density at radius 2 is 2.07 bits per heavy atom. The van der Waals surface area contributed by atoms with Crippen molar-refractivity contribution >= 4 is 12.2 Å². The molecule has 0 heterocycles. The largest absolute Gasteiger partial charge is 0.467 e. The van der Waals surface area contributed by atoms with Gasteiger partial charge in [0, 0.05) is 18.1 Å². The number of benzene rings is 1. The van der Waals surface area contributed by atoms with E-state index in [0.717, 1.165) is 5.56 Å². The number of nitro groups is 1. The van der Waals surface area contributed by atoms with E-state index < -0.39 is 4.92 Å². The quantitative estimate of drug-likeness (QED) is 0.421. The molecule has 0 aromatic heterocycles. The van der Waals surface area contributed by atoms with Gasteiger partial charge < -0.3 is 4.74 Å². The van der Waals surface area contributed by atoms with E-state index in [9.17, 15) is 14.9 Å². The first-order valence-corrected chi connectivity index (χ1v) is 4.44. The number of nitrogens with zero attached hydrogens (tertiary/aromatic N) is 1. The Morgan fingerprint density at radius 1 is 1.47 bits per heavy atom. The first kappa shape index (κ1) is 11.2. The summed E-state index contributed by atoms with van der Waals surface area (Å²) in [6.07, 6.45) is 0. The number of carbonyl (C=O) groups is 1. The molecular weight excluding hydrogens is 198 g/mol. The van der Waals surface area contributed by atoms with Crippen molar-refractivity contribution in [1.82, 2.24) is 0 Å². The van der Waals surface area contributed by atoms with Crippen molar-refractivity contribution in [3.05, 3.63) is 39.9 Å². The van der Waals surface area contributed by atoms with Crippen molar-refractivity contribution in [3.63, 3.8) is 0 Å². The third-order valence-corrected chi connectivity index (χ3v) is 2.09. The van der Waals surface area contributed by atoms with Crippen LogP contribution >= 0.6 is 0 Å². The summed E-state index contributed by atoms with van der Waals surface area (Å²) in [6.45, 7) is 2.55. The van der Waals surface area contributed by atoms with E-state index in [2.05, 4.69) is 4.74 Å². The van der Waals surface area contributed by atoms with E-state index in [4.69, 9.17) is 0 Å². The van der Waals surface area contributed by atoms with E-state index in [0.29, 0.717) is 6.47 Å². The van der Waals surface area contributed by atoms with E-state index in [1.807, 2.05) is 6.92 Å². The lowest BCUT2D eigenvalue weighted by Crippen LogP contribution is -2.03. The summed E-state index contributed by atoms with van der Waals surface area (Å²) in [4.78, 5) is 19.9. The van der Waals surface area contributed by atoms with Gasteiger partial charge >= 0.3 is 0 Å². The molecule has 0 bridgehead atoms. The van der Waals surface area contributed by atoms with Crippen molar-refractivity contribution in [2.45, 2.75) is 12.8 Å². The number of carbonyl (C=O) groups excluding carboxylic acids is 1. The number of rotatable bonds is 5. The van der Waals surface area contributed by atoms with Crippen LogP contribution in [0.15, 0.2) is 24.3 Å². The third kappa shape index (κ3) is 3.05. The SMILES string of the molecule is CC(COC=O)c1ccc([N+](=O)[O-])cc1. The summed E-state index contributed by atoms with van der Waals surface area (Å²) in [7, 11) is 0. The lowest BCUT2D eigenvalue weighted by atomic mass is 10.0. The average molecular weight is 209 g/mol. The molecule has 1 aromatic rings. The molecular formula is C10H11NO4. The minimum atomic E-state index is -0.448. The van der Waals surface area contributed by atoms with Crippen LogP contribution in [0.2, 0.25) is 0 Å². The summed E-state index contributed by atoms with van der Waals surface area (Å²) in [5, 5.41) is 10.4. The van der Waals surface area contributed by atoms with Crippen LogP contribution in [0.1, 0.15) is 18.4 Å². The maximum absolute atomic E-state index is 10.4. The van der Waals surface area contributed by atoms with Crippen molar-refractivity contribution in [2.75, 3.05) is 6.61 Å². The zero-order chi connectivity index (χ0) is 11.3. The van der Waals surface area contributed by atoms with Crippen LogP contribution in [0.5, 0.6) is 0 Å².